The van der Waals surface area contributed by atoms with Crippen LogP contribution in [0.3, 0.4) is 0 Å². The lowest BCUT2D eigenvalue weighted by Crippen LogP contribution is -2.49. The predicted molar refractivity (Wildman–Crippen MR) is 110 cm³/mol. The van der Waals surface area contributed by atoms with E-state index in [0.717, 1.165) is 23.4 Å². The lowest BCUT2D eigenvalue weighted by Gasteiger charge is -2.40. The van der Waals surface area contributed by atoms with E-state index < -0.39 is 0 Å². The standard InChI is InChI=1S/C23H28N2O3/c1-17-8-4-5-9-18(17)21(26)12-13-23(27)25-15-14-24(2)20(16-25)19-10-6-7-11-22(19)28-3/h4-11,20H,12-16H2,1-3H3. The average molecular weight is 380 g/mol. The molecular formula is C23H28N2O3. The summed E-state index contributed by atoms with van der Waals surface area (Å²) in [7, 11) is 3.74. The predicted octanol–water partition coefficient (Wildman–Crippen LogP) is 3.48. The van der Waals surface area contributed by atoms with Gasteiger partial charge >= 0.3 is 0 Å². The summed E-state index contributed by atoms with van der Waals surface area (Å²) in [4.78, 5) is 29.4. The molecule has 1 saturated heterocycles. The molecule has 0 saturated carbocycles. The van der Waals surface area contributed by atoms with Gasteiger partial charge in [0, 0.05) is 43.6 Å². The fraction of sp³-hybridized carbons (Fsp3) is 0.391. The molecule has 148 valence electrons. The van der Waals surface area contributed by atoms with E-state index in [1.807, 2.05) is 54.3 Å². The molecule has 2 aromatic carbocycles. The summed E-state index contributed by atoms with van der Waals surface area (Å²) in [6.07, 6.45) is 0.491. The number of para-hydroxylation sites is 1. The van der Waals surface area contributed by atoms with Crippen molar-refractivity contribution in [2.24, 2.45) is 0 Å². The number of nitrogens with zero attached hydrogens (tertiary/aromatic N) is 2. The van der Waals surface area contributed by atoms with Crippen LogP contribution < -0.4 is 4.74 Å². The third-order valence-corrected chi connectivity index (χ3v) is 5.51. The van der Waals surface area contributed by atoms with Crippen molar-refractivity contribution in [2.45, 2.75) is 25.8 Å². The third-order valence-electron chi connectivity index (χ3n) is 5.51. The number of piperazine rings is 1. The van der Waals surface area contributed by atoms with Gasteiger partial charge in [-0.2, -0.15) is 0 Å². The second kappa shape index (κ2) is 9.02. The number of hydrogen-bond acceptors (Lipinski definition) is 4. The van der Waals surface area contributed by atoms with E-state index >= 15 is 0 Å². The van der Waals surface area contributed by atoms with Crippen molar-refractivity contribution in [3.05, 3.63) is 65.2 Å². The van der Waals surface area contributed by atoms with Gasteiger partial charge in [0.1, 0.15) is 5.75 Å². The quantitative estimate of drug-likeness (QED) is 0.720. The summed E-state index contributed by atoms with van der Waals surface area (Å²) in [5, 5.41) is 0. The Bertz CT molecular complexity index is 849. The highest BCUT2D eigenvalue weighted by Crippen LogP contribution is 2.31. The van der Waals surface area contributed by atoms with Crippen LogP contribution in [-0.4, -0.2) is 55.3 Å². The fourth-order valence-electron chi connectivity index (χ4n) is 3.78. The Morgan fingerprint density at radius 2 is 1.75 bits per heavy atom. The lowest BCUT2D eigenvalue weighted by atomic mass is 10.00. The normalized spacial score (nSPS) is 17.4. The Hall–Kier alpha value is -2.66. The summed E-state index contributed by atoms with van der Waals surface area (Å²) in [5.41, 5.74) is 2.75. The first-order chi connectivity index (χ1) is 13.5. The Labute approximate surface area is 166 Å². The number of aryl methyl sites for hydroxylation is 1. The van der Waals surface area contributed by atoms with Crippen molar-refractivity contribution in [3.8, 4) is 5.75 Å². The van der Waals surface area contributed by atoms with E-state index in [0.29, 0.717) is 18.7 Å². The van der Waals surface area contributed by atoms with Crippen molar-refractivity contribution in [1.82, 2.24) is 9.80 Å². The Morgan fingerprint density at radius 1 is 1.04 bits per heavy atom. The van der Waals surface area contributed by atoms with Crippen molar-refractivity contribution >= 4 is 11.7 Å². The molecule has 1 atom stereocenters. The Kier molecular flexibility index (Phi) is 6.47. The number of amides is 1. The summed E-state index contributed by atoms with van der Waals surface area (Å²) in [6.45, 7) is 4.00. The van der Waals surface area contributed by atoms with Crippen LogP contribution in [0.2, 0.25) is 0 Å². The Morgan fingerprint density at radius 3 is 2.50 bits per heavy atom. The molecule has 5 nitrogen and oxygen atoms in total. The number of hydrogen-bond donors (Lipinski definition) is 0. The number of Topliss-reactive ketones (excluding diaryl/α,β-unsaturated/α-hetero) is 1. The second-order valence-electron chi connectivity index (χ2n) is 7.32. The van der Waals surface area contributed by atoms with Gasteiger partial charge < -0.3 is 9.64 Å². The molecule has 0 N–H and O–H groups in total. The molecule has 1 aliphatic rings. The van der Waals surface area contributed by atoms with Gasteiger partial charge in [-0.05, 0) is 25.6 Å². The molecule has 2 aromatic rings. The highest BCUT2D eigenvalue weighted by molar-refractivity contribution is 5.99. The number of methoxy groups -OCH3 is 1. The van der Waals surface area contributed by atoms with Gasteiger partial charge in [0.05, 0.1) is 13.2 Å². The molecule has 0 aromatic heterocycles. The minimum Gasteiger partial charge on any atom is -0.496 e. The van der Waals surface area contributed by atoms with E-state index in [4.69, 9.17) is 4.74 Å². The first kappa shape index (κ1) is 20.1. The molecule has 1 fully saturated rings. The molecule has 3 rings (SSSR count). The number of benzene rings is 2. The topological polar surface area (TPSA) is 49.9 Å². The van der Waals surface area contributed by atoms with Gasteiger partial charge in [-0.3, -0.25) is 14.5 Å². The van der Waals surface area contributed by atoms with Gasteiger partial charge in [-0.15, -0.1) is 0 Å². The summed E-state index contributed by atoms with van der Waals surface area (Å²) in [5.74, 6) is 0.903. The first-order valence-electron chi connectivity index (χ1n) is 9.71. The minimum atomic E-state index is 0.0295. The van der Waals surface area contributed by atoms with Gasteiger partial charge in [0.25, 0.3) is 0 Å². The highest BCUT2D eigenvalue weighted by Gasteiger charge is 2.30. The Balaban J connectivity index is 1.64. The zero-order valence-electron chi connectivity index (χ0n) is 16.9. The highest BCUT2D eigenvalue weighted by atomic mass is 16.5. The molecule has 1 heterocycles. The zero-order chi connectivity index (χ0) is 20.1. The summed E-state index contributed by atoms with van der Waals surface area (Å²) >= 11 is 0. The molecule has 1 aliphatic heterocycles. The summed E-state index contributed by atoms with van der Waals surface area (Å²) in [6, 6.07) is 15.6. The first-order valence-corrected chi connectivity index (χ1v) is 9.71. The van der Waals surface area contributed by atoms with Gasteiger partial charge in [-0.25, -0.2) is 0 Å². The number of rotatable bonds is 6. The maximum absolute atomic E-state index is 12.8. The number of ketones is 1. The maximum atomic E-state index is 12.8. The molecule has 1 unspecified atom stereocenters. The van der Waals surface area contributed by atoms with Crippen LogP contribution in [0.15, 0.2) is 48.5 Å². The van der Waals surface area contributed by atoms with E-state index in [1.165, 1.54) is 0 Å². The molecular weight excluding hydrogens is 352 g/mol. The molecule has 0 aliphatic carbocycles. The van der Waals surface area contributed by atoms with Gasteiger partial charge in [-0.1, -0.05) is 42.5 Å². The lowest BCUT2D eigenvalue weighted by molar-refractivity contribution is -0.134. The molecule has 1 amide bonds. The van der Waals surface area contributed by atoms with Crippen molar-refractivity contribution in [2.75, 3.05) is 33.8 Å². The van der Waals surface area contributed by atoms with Crippen molar-refractivity contribution < 1.29 is 14.3 Å². The number of carbonyl (C=O) groups excluding carboxylic acids is 2. The van der Waals surface area contributed by atoms with Crippen LogP contribution in [0.25, 0.3) is 0 Å². The van der Waals surface area contributed by atoms with Crippen molar-refractivity contribution in [1.29, 1.82) is 0 Å². The monoisotopic (exact) mass is 380 g/mol. The largest absolute Gasteiger partial charge is 0.496 e. The average Bonchev–Trinajstić information content (AvgIpc) is 2.72. The SMILES string of the molecule is COc1ccccc1C1CN(C(=O)CCC(=O)c2ccccc2C)CCN1C. The van der Waals surface area contributed by atoms with Crippen LogP contribution in [0, 0.1) is 6.92 Å². The van der Waals surface area contributed by atoms with E-state index in [2.05, 4.69) is 18.0 Å². The van der Waals surface area contributed by atoms with Crippen LogP contribution in [0.4, 0.5) is 0 Å². The molecule has 28 heavy (non-hydrogen) atoms. The van der Waals surface area contributed by atoms with Crippen LogP contribution >= 0.6 is 0 Å². The number of ether oxygens (including phenoxy) is 1. The molecule has 0 bridgehead atoms. The number of carbonyl (C=O) groups is 2. The molecule has 0 spiro atoms. The minimum absolute atomic E-state index is 0.0295. The number of likely N-dealkylation sites (N-methyl/N-ethyl adjacent to an activating group) is 1. The third kappa shape index (κ3) is 4.42. The van der Waals surface area contributed by atoms with Gasteiger partial charge in [0.2, 0.25) is 5.91 Å². The fourth-order valence-corrected chi connectivity index (χ4v) is 3.78. The van der Waals surface area contributed by atoms with Crippen molar-refractivity contribution in [3.63, 3.8) is 0 Å². The van der Waals surface area contributed by atoms with Crippen LogP contribution in [0.5, 0.6) is 5.75 Å². The van der Waals surface area contributed by atoms with Gasteiger partial charge in [0.15, 0.2) is 5.78 Å². The van der Waals surface area contributed by atoms with Crippen LogP contribution in [0.1, 0.15) is 40.4 Å². The molecule has 0 radical (unpaired) electrons. The second-order valence-corrected chi connectivity index (χ2v) is 7.32. The van der Waals surface area contributed by atoms with E-state index in [9.17, 15) is 9.59 Å². The smallest absolute Gasteiger partial charge is 0.223 e. The summed E-state index contributed by atoms with van der Waals surface area (Å²) < 4.78 is 5.51. The van der Waals surface area contributed by atoms with E-state index in [-0.39, 0.29) is 30.6 Å². The maximum Gasteiger partial charge on any atom is 0.223 e. The van der Waals surface area contributed by atoms with Crippen LogP contribution in [-0.2, 0) is 4.79 Å². The zero-order valence-corrected chi connectivity index (χ0v) is 16.9. The molecule has 5 heteroatoms. The van der Waals surface area contributed by atoms with E-state index in [1.54, 1.807) is 7.11 Å².